The number of carbonyl (C=O) groups excluding carboxylic acids is 1. The second kappa shape index (κ2) is 4.81. The normalized spacial score (nSPS) is 11.3. The largest absolute Gasteiger partial charge is 0.399 e. The van der Waals surface area contributed by atoms with Gasteiger partial charge >= 0.3 is 0 Å². The van der Waals surface area contributed by atoms with Gasteiger partial charge in [0.1, 0.15) is 0 Å². The average molecular weight is 308 g/mol. The fraction of sp³-hybridized carbons (Fsp3) is 0.125. The SMILES string of the molecule is NC(=O)CNS(=O)(=O)c1ccc(N)cc1Br. The van der Waals surface area contributed by atoms with Gasteiger partial charge in [0.25, 0.3) is 0 Å². The van der Waals surface area contributed by atoms with E-state index in [0.717, 1.165) is 0 Å². The van der Waals surface area contributed by atoms with E-state index in [0.29, 0.717) is 10.2 Å². The number of rotatable bonds is 4. The second-order valence-corrected chi connectivity index (χ2v) is 5.57. The number of nitrogens with one attached hydrogen (secondary N) is 1. The van der Waals surface area contributed by atoms with Gasteiger partial charge in [-0.3, -0.25) is 4.79 Å². The van der Waals surface area contributed by atoms with Crippen LogP contribution in [-0.4, -0.2) is 20.9 Å². The maximum atomic E-state index is 11.7. The highest BCUT2D eigenvalue weighted by Gasteiger charge is 2.17. The fourth-order valence-electron chi connectivity index (χ4n) is 0.979. The third-order valence-electron chi connectivity index (χ3n) is 1.68. The Morgan fingerprint density at radius 1 is 1.44 bits per heavy atom. The van der Waals surface area contributed by atoms with Gasteiger partial charge in [0.15, 0.2) is 0 Å². The van der Waals surface area contributed by atoms with Crippen LogP contribution >= 0.6 is 15.9 Å². The zero-order valence-corrected chi connectivity index (χ0v) is 10.5. The number of nitrogen functional groups attached to an aromatic ring is 1. The molecule has 6 nitrogen and oxygen atoms in total. The van der Waals surface area contributed by atoms with E-state index in [1.165, 1.54) is 18.2 Å². The topological polar surface area (TPSA) is 115 Å². The number of benzene rings is 1. The van der Waals surface area contributed by atoms with Gasteiger partial charge in [-0.05, 0) is 34.1 Å². The summed E-state index contributed by atoms with van der Waals surface area (Å²) in [5.74, 6) is -0.754. The molecule has 0 spiro atoms. The van der Waals surface area contributed by atoms with E-state index in [9.17, 15) is 13.2 Å². The molecule has 8 heteroatoms. The quantitative estimate of drug-likeness (QED) is 0.668. The van der Waals surface area contributed by atoms with Gasteiger partial charge in [0, 0.05) is 10.2 Å². The van der Waals surface area contributed by atoms with E-state index in [4.69, 9.17) is 11.5 Å². The fourth-order valence-corrected chi connectivity index (χ4v) is 3.07. The number of primary amides is 1. The van der Waals surface area contributed by atoms with Gasteiger partial charge in [-0.15, -0.1) is 0 Å². The predicted molar refractivity (Wildman–Crippen MR) is 62.9 cm³/mol. The molecule has 0 unspecified atom stereocenters. The first-order valence-electron chi connectivity index (χ1n) is 4.16. The molecule has 0 bridgehead atoms. The van der Waals surface area contributed by atoms with Gasteiger partial charge in [-0.1, -0.05) is 0 Å². The van der Waals surface area contributed by atoms with Crippen molar-refractivity contribution in [3.63, 3.8) is 0 Å². The van der Waals surface area contributed by atoms with Crippen LogP contribution < -0.4 is 16.2 Å². The highest BCUT2D eigenvalue weighted by molar-refractivity contribution is 9.10. The Hall–Kier alpha value is -1.12. The molecule has 0 heterocycles. The van der Waals surface area contributed by atoms with Crippen molar-refractivity contribution in [1.82, 2.24) is 4.72 Å². The molecule has 16 heavy (non-hydrogen) atoms. The summed E-state index contributed by atoms with van der Waals surface area (Å²) in [6.45, 7) is -0.445. The van der Waals surface area contributed by atoms with Gasteiger partial charge in [-0.2, -0.15) is 0 Å². The standard InChI is InChI=1S/C8H10BrN3O3S/c9-6-3-5(10)1-2-7(6)16(14,15)12-4-8(11)13/h1-3,12H,4,10H2,(H2,11,13). The molecule has 0 aliphatic carbocycles. The Balaban J connectivity index is 3.03. The van der Waals surface area contributed by atoms with Crippen molar-refractivity contribution >= 4 is 37.5 Å². The zero-order chi connectivity index (χ0) is 12.3. The summed E-state index contributed by atoms with van der Waals surface area (Å²) in [5.41, 5.74) is 10.7. The number of nitrogens with two attached hydrogens (primary N) is 2. The molecule has 1 aromatic rings. The molecule has 88 valence electrons. The van der Waals surface area contributed by atoms with Crippen LogP contribution in [0.15, 0.2) is 27.6 Å². The van der Waals surface area contributed by atoms with Crippen LogP contribution in [-0.2, 0) is 14.8 Å². The van der Waals surface area contributed by atoms with Crippen molar-refractivity contribution in [3.8, 4) is 0 Å². The van der Waals surface area contributed by atoms with Crippen molar-refractivity contribution in [2.75, 3.05) is 12.3 Å². The Kier molecular flexibility index (Phi) is 3.89. The minimum absolute atomic E-state index is 0.00273. The molecule has 0 saturated heterocycles. The lowest BCUT2D eigenvalue weighted by Crippen LogP contribution is -2.33. The van der Waals surface area contributed by atoms with E-state index < -0.39 is 22.5 Å². The zero-order valence-electron chi connectivity index (χ0n) is 8.10. The van der Waals surface area contributed by atoms with Gasteiger partial charge in [0.2, 0.25) is 15.9 Å². The first kappa shape index (κ1) is 12.9. The summed E-state index contributed by atoms with van der Waals surface area (Å²) < 4.78 is 25.7. The van der Waals surface area contributed by atoms with Crippen LogP contribution in [0.1, 0.15) is 0 Å². The molecule has 0 fully saturated rings. The number of carbonyl (C=O) groups is 1. The van der Waals surface area contributed by atoms with Gasteiger partial charge in [-0.25, -0.2) is 13.1 Å². The van der Waals surface area contributed by atoms with Crippen LogP contribution in [0.25, 0.3) is 0 Å². The average Bonchev–Trinajstić information content (AvgIpc) is 2.14. The summed E-state index contributed by atoms with van der Waals surface area (Å²) in [7, 11) is -3.76. The van der Waals surface area contributed by atoms with Crippen molar-refractivity contribution in [2.45, 2.75) is 4.90 Å². The molecular formula is C8H10BrN3O3S. The number of hydrogen-bond acceptors (Lipinski definition) is 4. The Morgan fingerprint density at radius 3 is 2.56 bits per heavy atom. The van der Waals surface area contributed by atoms with E-state index in [1.54, 1.807) is 0 Å². The maximum absolute atomic E-state index is 11.7. The molecule has 0 aromatic heterocycles. The molecule has 0 radical (unpaired) electrons. The third kappa shape index (κ3) is 3.19. The molecule has 0 aliphatic heterocycles. The highest BCUT2D eigenvalue weighted by atomic mass is 79.9. The molecule has 1 aromatic carbocycles. The van der Waals surface area contributed by atoms with Crippen molar-refractivity contribution in [1.29, 1.82) is 0 Å². The molecule has 1 rings (SSSR count). The van der Waals surface area contributed by atoms with Crippen LogP contribution in [0, 0.1) is 0 Å². The number of sulfonamides is 1. The van der Waals surface area contributed by atoms with E-state index in [1.807, 2.05) is 0 Å². The van der Waals surface area contributed by atoms with E-state index in [-0.39, 0.29) is 4.90 Å². The molecule has 0 atom stereocenters. The number of hydrogen-bond donors (Lipinski definition) is 3. The Morgan fingerprint density at radius 2 is 2.06 bits per heavy atom. The van der Waals surface area contributed by atoms with E-state index in [2.05, 4.69) is 20.7 Å². The van der Waals surface area contributed by atoms with Gasteiger partial charge < -0.3 is 11.5 Å². The lowest BCUT2D eigenvalue weighted by atomic mass is 10.3. The highest BCUT2D eigenvalue weighted by Crippen LogP contribution is 2.23. The smallest absolute Gasteiger partial charge is 0.242 e. The van der Waals surface area contributed by atoms with Crippen molar-refractivity contribution in [2.24, 2.45) is 5.73 Å². The molecule has 0 aliphatic rings. The summed E-state index contributed by atoms with van der Waals surface area (Å²) >= 11 is 3.07. The minimum Gasteiger partial charge on any atom is -0.399 e. The van der Waals surface area contributed by atoms with Crippen LogP contribution in [0.3, 0.4) is 0 Å². The summed E-state index contributed by atoms with van der Waals surface area (Å²) in [5, 5.41) is 0. The van der Waals surface area contributed by atoms with Crippen LogP contribution in [0.4, 0.5) is 5.69 Å². The Bertz CT molecular complexity index is 515. The summed E-state index contributed by atoms with van der Waals surface area (Å²) in [6.07, 6.45) is 0. The molecule has 1 amide bonds. The molecular weight excluding hydrogens is 298 g/mol. The summed E-state index contributed by atoms with van der Waals surface area (Å²) in [6, 6.07) is 4.24. The van der Waals surface area contributed by atoms with Gasteiger partial charge in [0.05, 0.1) is 11.4 Å². The lowest BCUT2D eigenvalue weighted by molar-refractivity contribution is -0.116. The number of anilines is 1. The third-order valence-corrected chi connectivity index (χ3v) is 4.06. The van der Waals surface area contributed by atoms with Crippen LogP contribution in [0.5, 0.6) is 0 Å². The molecule has 0 saturated carbocycles. The van der Waals surface area contributed by atoms with Crippen LogP contribution in [0.2, 0.25) is 0 Å². The Labute approximate surface area is 101 Å². The summed E-state index contributed by atoms with van der Waals surface area (Å²) in [4.78, 5) is 10.5. The monoisotopic (exact) mass is 307 g/mol. The number of amides is 1. The first-order chi connectivity index (χ1) is 7.33. The van der Waals surface area contributed by atoms with E-state index >= 15 is 0 Å². The lowest BCUT2D eigenvalue weighted by Gasteiger charge is -2.07. The second-order valence-electron chi connectivity index (χ2n) is 2.98. The first-order valence-corrected chi connectivity index (χ1v) is 6.43. The minimum atomic E-state index is -3.76. The molecule has 5 N–H and O–H groups in total. The van der Waals surface area contributed by atoms with Crippen molar-refractivity contribution in [3.05, 3.63) is 22.7 Å². The predicted octanol–water partition coefficient (Wildman–Crippen LogP) is -0.205. The maximum Gasteiger partial charge on any atom is 0.242 e. The number of halogens is 1. The van der Waals surface area contributed by atoms with Crippen molar-refractivity contribution < 1.29 is 13.2 Å².